The van der Waals surface area contributed by atoms with Crippen LogP contribution in [0, 0.1) is 11.7 Å². The molecular formula is C27H30FN3O4S. The second kappa shape index (κ2) is 11.2. The molecule has 4 rings (SSSR count). The first kappa shape index (κ1) is 25.8. The van der Waals surface area contributed by atoms with Gasteiger partial charge in [-0.05, 0) is 74.6 Å². The smallest absolute Gasteiger partial charge is 0.242 e. The van der Waals surface area contributed by atoms with Crippen LogP contribution in [0.25, 0.3) is 11.3 Å². The fourth-order valence-corrected chi connectivity index (χ4v) is 5.67. The van der Waals surface area contributed by atoms with E-state index in [1.165, 1.54) is 18.3 Å². The Hall–Kier alpha value is -3.30. The average molecular weight is 512 g/mol. The Morgan fingerprint density at radius 3 is 2.42 bits per heavy atom. The Kier molecular flexibility index (Phi) is 8.01. The number of nitrogens with one attached hydrogen (secondary N) is 2. The summed E-state index contributed by atoms with van der Waals surface area (Å²) in [6.45, 7) is 1.86. The van der Waals surface area contributed by atoms with E-state index in [0.29, 0.717) is 37.1 Å². The topological polar surface area (TPSA) is 97.4 Å². The number of rotatable bonds is 8. The number of hydrogen-bond acceptors (Lipinski definition) is 5. The van der Waals surface area contributed by atoms with Crippen LogP contribution in [0.15, 0.2) is 71.8 Å². The first-order valence-electron chi connectivity index (χ1n) is 11.9. The summed E-state index contributed by atoms with van der Waals surface area (Å²) in [5.74, 6) is 0.131. The second-order valence-electron chi connectivity index (χ2n) is 9.06. The summed E-state index contributed by atoms with van der Waals surface area (Å²) in [4.78, 5) is 17.1. The predicted molar refractivity (Wildman–Crippen MR) is 135 cm³/mol. The van der Waals surface area contributed by atoms with Gasteiger partial charge in [0.2, 0.25) is 15.9 Å². The number of carbonyl (C=O) groups is 1. The molecule has 190 valence electrons. The number of carbonyl (C=O) groups excluding carboxylic acids is 1. The van der Waals surface area contributed by atoms with Crippen LogP contribution in [0.2, 0.25) is 0 Å². The minimum absolute atomic E-state index is 0.0644. The largest absolute Gasteiger partial charge is 0.497 e. The van der Waals surface area contributed by atoms with Crippen molar-refractivity contribution in [3.05, 3.63) is 78.2 Å². The Morgan fingerprint density at radius 1 is 1.06 bits per heavy atom. The van der Waals surface area contributed by atoms with Crippen molar-refractivity contribution in [3.8, 4) is 17.0 Å². The van der Waals surface area contributed by atoms with Crippen LogP contribution >= 0.6 is 0 Å². The summed E-state index contributed by atoms with van der Waals surface area (Å²) in [5.41, 5.74) is 2.31. The van der Waals surface area contributed by atoms with Crippen LogP contribution in [-0.4, -0.2) is 32.5 Å². The van der Waals surface area contributed by atoms with E-state index in [9.17, 15) is 17.6 Å². The Balaban J connectivity index is 1.31. The molecular weight excluding hydrogens is 481 g/mol. The zero-order valence-corrected chi connectivity index (χ0v) is 21.1. The normalized spacial score (nSPS) is 18.9. The standard InChI is InChI=1S/C27H30FN3O4S/c1-18(19-6-10-22(28)11-7-19)30-27(32)20-8-12-23(13-9-20)31-36(33,34)25-14-15-26(29-17-25)21-4-3-5-24(16-21)35-2/h3-7,10-11,14-18,20,23,31H,8-9,12-13H2,1-2H3,(H,30,32)/t18-,20-,23-/m1/s1. The van der Waals surface area contributed by atoms with E-state index in [1.807, 2.05) is 31.2 Å². The van der Waals surface area contributed by atoms with Gasteiger partial charge in [0.15, 0.2) is 0 Å². The maximum atomic E-state index is 13.1. The van der Waals surface area contributed by atoms with Gasteiger partial charge in [0.1, 0.15) is 16.5 Å². The second-order valence-corrected chi connectivity index (χ2v) is 10.8. The van der Waals surface area contributed by atoms with Crippen molar-refractivity contribution in [3.63, 3.8) is 0 Å². The molecule has 2 aromatic carbocycles. The van der Waals surface area contributed by atoms with Gasteiger partial charge >= 0.3 is 0 Å². The molecule has 0 aliphatic heterocycles. The Bertz CT molecular complexity index is 1290. The highest BCUT2D eigenvalue weighted by Gasteiger charge is 2.30. The summed E-state index contributed by atoms with van der Waals surface area (Å²) >= 11 is 0. The van der Waals surface area contributed by atoms with E-state index in [4.69, 9.17) is 4.74 Å². The van der Waals surface area contributed by atoms with Gasteiger partial charge in [-0.3, -0.25) is 9.78 Å². The SMILES string of the molecule is COc1cccc(-c2ccc(S(=O)(=O)N[C@H]3CC[C@H](C(=O)N[C@H](C)c4ccc(F)cc4)CC3)cn2)c1. The van der Waals surface area contributed by atoms with Crippen LogP contribution in [0.1, 0.15) is 44.2 Å². The van der Waals surface area contributed by atoms with E-state index in [2.05, 4.69) is 15.0 Å². The molecule has 3 aromatic rings. The number of amides is 1. The monoisotopic (exact) mass is 511 g/mol. The molecule has 1 atom stereocenters. The van der Waals surface area contributed by atoms with Gasteiger partial charge in [0.25, 0.3) is 0 Å². The summed E-state index contributed by atoms with van der Waals surface area (Å²) in [7, 11) is -2.15. The number of benzene rings is 2. The Labute approximate surface area is 211 Å². The highest BCUT2D eigenvalue weighted by Crippen LogP contribution is 2.27. The fourth-order valence-electron chi connectivity index (χ4n) is 4.42. The maximum Gasteiger partial charge on any atom is 0.242 e. The van der Waals surface area contributed by atoms with E-state index in [0.717, 1.165) is 11.1 Å². The van der Waals surface area contributed by atoms with E-state index in [1.54, 1.807) is 31.4 Å². The number of ether oxygens (including phenoxy) is 1. The first-order chi connectivity index (χ1) is 17.2. The van der Waals surface area contributed by atoms with E-state index < -0.39 is 10.0 Å². The van der Waals surface area contributed by atoms with Crippen molar-refractivity contribution in [2.24, 2.45) is 5.92 Å². The number of halogens is 1. The molecule has 1 heterocycles. The van der Waals surface area contributed by atoms with Crippen LogP contribution < -0.4 is 14.8 Å². The average Bonchev–Trinajstić information content (AvgIpc) is 2.89. The van der Waals surface area contributed by atoms with E-state index in [-0.39, 0.29) is 34.6 Å². The molecule has 1 saturated carbocycles. The lowest BCUT2D eigenvalue weighted by atomic mass is 9.85. The van der Waals surface area contributed by atoms with Gasteiger partial charge in [0, 0.05) is 23.7 Å². The van der Waals surface area contributed by atoms with Crippen molar-refractivity contribution in [2.45, 2.75) is 49.6 Å². The van der Waals surface area contributed by atoms with Crippen LogP contribution in [0.5, 0.6) is 5.75 Å². The first-order valence-corrected chi connectivity index (χ1v) is 13.4. The van der Waals surface area contributed by atoms with Crippen molar-refractivity contribution >= 4 is 15.9 Å². The number of hydrogen-bond donors (Lipinski definition) is 2. The highest BCUT2D eigenvalue weighted by atomic mass is 32.2. The van der Waals surface area contributed by atoms with Gasteiger partial charge < -0.3 is 10.1 Å². The molecule has 1 aliphatic carbocycles. The molecule has 1 fully saturated rings. The van der Waals surface area contributed by atoms with Gasteiger partial charge in [0.05, 0.1) is 18.8 Å². The summed E-state index contributed by atoms with van der Waals surface area (Å²) < 4.78 is 47.0. The van der Waals surface area contributed by atoms with Gasteiger partial charge in [-0.25, -0.2) is 17.5 Å². The minimum atomic E-state index is -3.74. The van der Waals surface area contributed by atoms with Gasteiger partial charge in [-0.2, -0.15) is 0 Å². The van der Waals surface area contributed by atoms with Crippen molar-refractivity contribution in [1.82, 2.24) is 15.0 Å². The molecule has 36 heavy (non-hydrogen) atoms. The highest BCUT2D eigenvalue weighted by molar-refractivity contribution is 7.89. The summed E-state index contributed by atoms with van der Waals surface area (Å²) in [6, 6.07) is 16.2. The maximum absolute atomic E-state index is 13.1. The number of aromatic nitrogens is 1. The molecule has 7 nitrogen and oxygen atoms in total. The third-order valence-electron chi connectivity index (χ3n) is 6.56. The van der Waals surface area contributed by atoms with Gasteiger partial charge in [-0.15, -0.1) is 0 Å². The molecule has 1 aromatic heterocycles. The van der Waals surface area contributed by atoms with Crippen molar-refractivity contribution in [2.75, 3.05) is 7.11 Å². The molecule has 1 amide bonds. The Morgan fingerprint density at radius 2 is 1.78 bits per heavy atom. The van der Waals surface area contributed by atoms with Crippen molar-refractivity contribution < 1.29 is 22.3 Å². The number of pyridine rings is 1. The molecule has 9 heteroatoms. The minimum Gasteiger partial charge on any atom is -0.497 e. The lowest BCUT2D eigenvalue weighted by Crippen LogP contribution is -2.41. The molecule has 0 saturated heterocycles. The molecule has 1 aliphatic rings. The zero-order valence-electron chi connectivity index (χ0n) is 20.3. The zero-order chi connectivity index (χ0) is 25.7. The third kappa shape index (κ3) is 6.27. The third-order valence-corrected chi connectivity index (χ3v) is 8.07. The molecule has 2 N–H and O–H groups in total. The van der Waals surface area contributed by atoms with Crippen LogP contribution in [0.4, 0.5) is 4.39 Å². The number of sulfonamides is 1. The summed E-state index contributed by atoms with van der Waals surface area (Å²) in [5, 5.41) is 2.98. The molecule has 0 spiro atoms. The number of methoxy groups -OCH3 is 1. The predicted octanol–water partition coefficient (Wildman–Crippen LogP) is 4.61. The lowest BCUT2D eigenvalue weighted by Gasteiger charge is -2.29. The van der Waals surface area contributed by atoms with Gasteiger partial charge in [-0.1, -0.05) is 24.3 Å². The number of nitrogens with zero attached hydrogens (tertiary/aromatic N) is 1. The fraction of sp³-hybridized carbons (Fsp3) is 0.333. The van der Waals surface area contributed by atoms with Crippen molar-refractivity contribution in [1.29, 1.82) is 0 Å². The van der Waals surface area contributed by atoms with Crippen LogP contribution in [-0.2, 0) is 14.8 Å². The lowest BCUT2D eigenvalue weighted by molar-refractivity contribution is -0.126. The molecule has 0 bridgehead atoms. The van der Waals surface area contributed by atoms with E-state index >= 15 is 0 Å². The molecule has 0 radical (unpaired) electrons. The van der Waals surface area contributed by atoms with Crippen LogP contribution in [0.3, 0.4) is 0 Å². The quantitative estimate of drug-likeness (QED) is 0.460. The molecule has 0 unspecified atom stereocenters. The summed E-state index contributed by atoms with van der Waals surface area (Å²) in [6.07, 6.45) is 3.66.